The first-order valence-corrected chi connectivity index (χ1v) is 6.98. The predicted octanol–water partition coefficient (Wildman–Crippen LogP) is 2.86. The molecular formula is C16H23NO2. The molecule has 0 radical (unpaired) electrons. The third-order valence-electron chi connectivity index (χ3n) is 3.35. The Labute approximate surface area is 115 Å². The third-order valence-corrected chi connectivity index (χ3v) is 3.35. The zero-order valence-corrected chi connectivity index (χ0v) is 12.0. The fourth-order valence-corrected chi connectivity index (χ4v) is 2.56. The molecule has 3 nitrogen and oxygen atoms in total. The molecule has 0 aromatic heterocycles. The van der Waals surface area contributed by atoms with Crippen LogP contribution in [-0.2, 0) is 9.53 Å². The van der Waals surface area contributed by atoms with Crippen molar-refractivity contribution < 1.29 is 9.53 Å². The number of hydrogen-bond acceptors (Lipinski definition) is 3. The zero-order chi connectivity index (χ0) is 13.9. The highest BCUT2D eigenvalue weighted by atomic mass is 16.6. The summed E-state index contributed by atoms with van der Waals surface area (Å²) in [5.74, 6) is 0.0749. The van der Waals surface area contributed by atoms with Crippen LogP contribution in [0.4, 0.5) is 0 Å². The number of carbonyl (C=O) groups is 1. The van der Waals surface area contributed by atoms with E-state index in [1.54, 1.807) is 0 Å². The van der Waals surface area contributed by atoms with Crippen LogP contribution in [0.2, 0.25) is 0 Å². The van der Waals surface area contributed by atoms with Gasteiger partial charge in [0.2, 0.25) is 0 Å². The average Bonchev–Trinajstić information content (AvgIpc) is 2.38. The summed E-state index contributed by atoms with van der Waals surface area (Å²) < 4.78 is 5.53. The van der Waals surface area contributed by atoms with Gasteiger partial charge in [0, 0.05) is 5.92 Å². The molecule has 0 spiro atoms. The van der Waals surface area contributed by atoms with E-state index in [1.807, 2.05) is 39.0 Å². The predicted molar refractivity (Wildman–Crippen MR) is 76.1 cm³/mol. The maximum Gasteiger partial charge on any atom is 0.324 e. The minimum Gasteiger partial charge on any atom is -0.459 e. The van der Waals surface area contributed by atoms with Crippen LogP contribution in [0.15, 0.2) is 30.3 Å². The fraction of sp³-hybridized carbons (Fsp3) is 0.562. The van der Waals surface area contributed by atoms with Crippen LogP contribution in [0.5, 0.6) is 0 Å². The second-order valence-corrected chi connectivity index (χ2v) is 6.12. The largest absolute Gasteiger partial charge is 0.459 e. The number of ether oxygens (including phenoxy) is 1. The quantitative estimate of drug-likeness (QED) is 0.832. The molecule has 1 aliphatic heterocycles. The molecule has 3 heteroatoms. The van der Waals surface area contributed by atoms with E-state index in [2.05, 4.69) is 17.4 Å². The number of hydrogen-bond donors (Lipinski definition) is 1. The smallest absolute Gasteiger partial charge is 0.324 e. The molecule has 0 amide bonds. The van der Waals surface area contributed by atoms with Crippen LogP contribution in [0.3, 0.4) is 0 Å². The van der Waals surface area contributed by atoms with Crippen molar-refractivity contribution in [1.82, 2.24) is 5.32 Å². The number of carbonyl (C=O) groups excluding carboxylic acids is 1. The van der Waals surface area contributed by atoms with Crippen molar-refractivity contribution in [2.45, 2.75) is 51.2 Å². The SMILES string of the molecule is CC(C)(C)OC(=O)C1NCCCC1c1ccccc1. The van der Waals surface area contributed by atoms with Gasteiger partial charge in [0.05, 0.1) is 0 Å². The standard InChI is InChI=1S/C16H23NO2/c1-16(2,3)19-15(18)14-13(10-7-11-17-14)12-8-5-4-6-9-12/h4-6,8-9,13-14,17H,7,10-11H2,1-3H3. The van der Waals surface area contributed by atoms with Crippen molar-refractivity contribution in [3.63, 3.8) is 0 Å². The normalized spacial score (nSPS) is 23.9. The summed E-state index contributed by atoms with van der Waals surface area (Å²) >= 11 is 0. The zero-order valence-electron chi connectivity index (χ0n) is 12.0. The first-order chi connectivity index (χ1) is 8.97. The maximum absolute atomic E-state index is 12.3. The Kier molecular flexibility index (Phi) is 4.25. The second kappa shape index (κ2) is 5.74. The first kappa shape index (κ1) is 14.1. The van der Waals surface area contributed by atoms with E-state index in [0.717, 1.165) is 19.4 Å². The lowest BCUT2D eigenvalue weighted by molar-refractivity contribution is -0.158. The van der Waals surface area contributed by atoms with Crippen molar-refractivity contribution in [2.75, 3.05) is 6.54 Å². The Balaban J connectivity index is 2.15. The summed E-state index contributed by atoms with van der Waals surface area (Å²) in [5.41, 5.74) is 0.780. The van der Waals surface area contributed by atoms with E-state index in [0.29, 0.717) is 0 Å². The minimum absolute atomic E-state index is 0.138. The van der Waals surface area contributed by atoms with E-state index in [9.17, 15) is 4.79 Å². The van der Waals surface area contributed by atoms with Gasteiger partial charge in [0.25, 0.3) is 0 Å². The van der Waals surface area contributed by atoms with Gasteiger partial charge < -0.3 is 10.1 Å². The molecule has 1 aromatic rings. The van der Waals surface area contributed by atoms with E-state index < -0.39 is 5.60 Å². The highest BCUT2D eigenvalue weighted by Crippen LogP contribution is 2.29. The van der Waals surface area contributed by atoms with Crippen LogP contribution in [0.1, 0.15) is 45.1 Å². The lowest BCUT2D eigenvalue weighted by Gasteiger charge is -2.33. The van der Waals surface area contributed by atoms with Crippen molar-refractivity contribution in [2.24, 2.45) is 0 Å². The molecule has 1 heterocycles. The Bertz CT molecular complexity index is 422. The Morgan fingerprint density at radius 2 is 1.95 bits per heavy atom. The number of piperidine rings is 1. The molecule has 1 saturated heterocycles. The molecule has 1 aromatic carbocycles. The summed E-state index contributed by atoms with van der Waals surface area (Å²) in [6.07, 6.45) is 2.12. The van der Waals surface area contributed by atoms with Gasteiger partial charge in [-0.15, -0.1) is 0 Å². The van der Waals surface area contributed by atoms with Crippen molar-refractivity contribution >= 4 is 5.97 Å². The summed E-state index contributed by atoms with van der Waals surface area (Å²) in [6, 6.07) is 10.0. The van der Waals surface area contributed by atoms with Gasteiger partial charge in [-0.1, -0.05) is 30.3 Å². The lowest BCUT2D eigenvalue weighted by atomic mass is 9.84. The molecule has 0 aliphatic carbocycles. The molecular weight excluding hydrogens is 238 g/mol. The number of benzene rings is 1. The van der Waals surface area contributed by atoms with Crippen LogP contribution >= 0.6 is 0 Å². The van der Waals surface area contributed by atoms with E-state index in [-0.39, 0.29) is 17.9 Å². The van der Waals surface area contributed by atoms with Gasteiger partial charge in [-0.3, -0.25) is 4.79 Å². The molecule has 1 aliphatic rings. The molecule has 2 unspecified atom stereocenters. The Morgan fingerprint density at radius 3 is 2.58 bits per heavy atom. The molecule has 104 valence electrons. The van der Waals surface area contributed by atoms with Crippen LogP contribution < -0.4 is 5.32 Å². The third kappa shape index (κ3) is 3.80. The topological polar surface area (TPSA) is 38.3 Å². The number of esters is 1. The van der Waals surface area contributed by atoms with Crippen molar-refractivity contribution in [3.8, 4) is 0 Å². The summed E-state index contributed by atoms with van der Waals surface area (Å²) in [6.45, 7) is 6.61. The van der Waals surface area contributed by atoms with Gasteiger partial charge in [-0.25, -0.2) is 0 Å². The minimum atomic E-state index is -0.433. The van der Waals surface area contributed by atoms with Crippen LogP contribution in [0, 0.1) is 0 Å². The first-order valence-electron chi connectivity index (χ1n) is 6.98. The fourth-order valence-electron chi connectivity index (χ4n) is 2.56. The molecule has 0 bridgehead atoms. The maximum atomic E-state index is 12.3. The molecule has 2 atom stereocenters. The highest BCUT2D eigenvalue weighted by molar-refractivity contribution is 5.77. The van der Waals surface area contributed by atoms with Gasteiger partial charge in [-0.2, -0.15) is 0 Å². The molecule has 19 heavy (non-hydrogen) atoms. The molecule has 1 N–H and O–H groups in total. The van der Waals surface area contributed by atoms with Gasteiger partial charge in [0.1, 0.15) is 11.6 Å². The Hall–Kier alpha value is -1.35. The van der Waals surface area contributed by atoms with E-state index in [1.165, 1.54) is 5.56 Å². The van der Waals surface area contributed by atoms with E-state index >= 15 is 0 Å². The average molecular weight is 261 g/mol. The Morgan fingerprint density at radius 1 is 1.26 bits per heavy atom. The monoisotopic (exact) mass is 261 g/mol. The number of rotatable bonds is 2. The highest BCUT2D eigenvalue weighted by Gasteiger charge is 2.34. The molecule has 1 fully saturated rings. The summed E-state index contributed by atoms with van der Waals surface area (Å²) in [5, 5.41) is 3.32. The summed E-state index contributed by atoms with van der Waals surface area (Å²) in [4.78, 5) is 12.3. The van der Waals surface area contributed by atoms with Crippen molar-refractivity contribution in [3.05, 3.63) is 35.9 Å². The van der Waals surface area contributed by atoms with Gasteiger partial charge in [0.15, 0.2) is 0 Å². The molecule has 0 saturated carbocycles. The van der Waals surface area contributed by atoms with E-state index in [4.69, 9.17) is 4.74 Å². The van der Waals surface area contributed by atoms with Crippen LogP contribution in [0.25, 0.3) is 0 Å². The second-order valence-electron chi connectivity index (χ2n) is 6.12. The van der Waals surface area contributed by atoms with Crippen LogP contribution in [-0.4, -0.2) is 24.2 Å². The molecule has 2 rings (SSSR count). The van der Waals surface area contributed by atoms with Crippen molar-refractivity contribution in [1.29, 1.82) is 0 Å². The lowest BCUT2D eigenvalue weighted by Crippen LogP contribution is -2.48. The summed E-state index contributed by atoms with van der Waals surface area (Å²) in [7, 11) is 0. The van der Waals surface area contributed by atoms with Gasteiger partial charge in [-0.05, 0) is 45.7 Å². The van der Waals surface area contributed by atoms with Gasteiger partial charge >= 0.3 is 5.97 Å². The number of nitrogens with one attached hydrogen (secondary N) is 1.